The number of likely N-dealkylation sites (N-methyl/N-ethyl adjacent to an activating group) is 1. The Morgan fingerprint density at radius 2 is 2.23 bits per heavy atom. The van der Waals surface area contributed by atoms with E-state index >= 15 is 0 Å². The maximum absolute atomic E-state index is 11.9. The van der Waals surface area contributed by atoms with Gasteiger partial charge in [-0.05, 0) is 56.7 Å². The van der Waals surface area contributed by atoms with Crippen molar-refractivity contribution < 1.29 is 9.53 Å². The lowest BCUT2D eigenvalue weighted by Crippen LogP contribution is -2.31. The standard InChI is InChI=1S/C18H24N4O2S2/c1-13-5-4-6-16(11-13)24-10-9-20(3)12-21-18(25)26-17(19-21)22(14(2)23)15-7-8-15/h4-6,11,15H,7-10,12H2,1-3H3. The van der Waals surface area contributed by atoms with Crippen LogP contribution in [0.3, 0.4) is 0 Å². The average Bonchev–Trinajstić information content (AvgIpc) is 3.32. The van der Waals surface area contributed by atoms with Gasteiger partial charge in [-0.1, -0.05) is 23.5 Å². The van der Waals surface area contributed by atoms with Gasteiger partial charge in [-0.2, -0.15) is 0 Å². The first kappa shape index (κ1) is 19.0. The van der Waals surface area contributed by atoms with Gasteiger partial charge in [-0.25, -0.2) is 4.68 Å². The number of aryl methyl sites for hydroxylation is 1. The third-order valence-electron chi connectivity index (χ3n) is 4.16. The van der Waals surface area contributed by atoms with E-state index in [4.69, 9.17) is 17.0 Å². The smallest absolute Gasteiger partial charge is 0.225 e. The summed E-state index contributed by atoms with van der Waals surface area (Å²) in [5, 5.41) is 5.27. The van der Waals surface area contributed by atoms with E-state index in [9.17, 15) is 4.79 Å². The zero-order valence-corrected chi connectivity index (χ0v) is 17.0. The highest BCUT2D eigenvalue weighted by molar-refractivity contribution is 7.73. The van der Waals surface area contributed by atoms with Gasteiger partial charge < -0.3 is 4.74 Å². The molecule has 3 rings (SSSR count). The van der Waals surface area contributed by atoms with Crippen molar-refractivity contribution in [2.45, 2.75) is 39.4 Å². The minimum atomic E-state index is 0.0308. The second-order valence-electron chi connectivity index (χ2n) is 6.66. The van der Waals surface area contributed by atoms with E-state index in [-0.39, 0.29) is 5.91 Å². The predicted octanol–water partition coefficient (Wildman–Crippen LogP) is 3.47. The lowest BCUT2D eigenvalue weighted by molar-refractivity contribution is -0.116. The van der Waals surface area contributed by atoms with Gasteiger partial charge in [0, 0.05) is 19.5 Å². The van der Waals surface area contributed by atoms with Crippen LogP contribution in [0, 0.1) is 10.9 Å². The molecule has 1 fully saturated rings. The molecular formula is C18H24N4O2S2. The first-order valence-electron chi connectivity index (χ1n) is 8.70. The van der Waals surface area contributed by atoms with Gasteiger partial charge in [-0.15, -0.1) is 5.10 Å². The SMILES string of the molecule is CC(=O)N(c1nn(CN(C)CCOc2cccc(C)c2)c(=S)s1)C1CC1. The van der Waals surface area contributed by atoms with Crippen molar-refractivity contribution in [3.05, 3.63) is 33.8 Å². The molecule has 0 N–H and O–H groups in total. The molecule has 1 aliphatic carbocycles. The zero-order valence-electron chi connectivity index (χ0n) is 15.3. The van der Waals surface area contributed by atoms with E-state index in [2.05, 4.69) is 10.00 Å². The normalized spacial score (nSPS) is 13.8. The Bertz CT molecular complexity index is 829. The van der Waals surface area contributed by atoms with Gasteiger partial charge in [0.25, 0.3) is 0 Å². The van der Waals surface area contributed by atoms with Crippen molar-refractivity contribution in [2.75, 3.05) is 25.1 Å². The number of hydrogen-bond donors (Lipinski definition) is 0. The second-order valence-corrected chi connectivity index (χ2v) is 8.26. The summed E-state index contributed by atoms with van der Waals surface area (Å²) in [6, 6.07) is 8.32. The first-order chi connectivity index (χ1) is 12.4. The van der Waals surface area contributed by atoms with Gasteiger partial charge in [-0.3, -0.25) is 14.6 Å². The molecule has 1 aliphatic rings. The van der Waals surface area contributed by atoms with Crippen molar-refractivity contribution in [1.29, 1.82) is 0 Å². The number of carbonyl (C=O) groups is 1. The van der Waals surface area contributed by atoms with Crippen molar-refractivity contribution in [1.82, 2.24) is 14.7 Å². The summed E-state index contributed by atoms with van der Waals surface area (Å²) in [7, 11) is 2.00. The van der Waals surface area contributed by atoms with Gasteiger partial charge >= 0.3 is 0 Å². The average molecular weight is 393 g/mol. The fourth-order valence-corrected chi connectivity index (χ4v) is 3.88. The van der Waals surface area contributed by atoms with E-state index in [1.165, 1.54) is 16.9 Å². The Morgan fingerprint density at radius 3 is 2.88 bits per heavy atom. The Kier molecular flexibility index (Phi) is 6.05. The highest BCUT2D eigenvalue weighted by Crippen LogP contribution is 2.33. The molecule has 6 nitrogen and oxygen atoms in total. The molecule has 0 radical (unpaired) electrons. The molecule has 1 heterocycles. The lowest BCUT2D eigenvalue weighted by atomic mass is 10.2. The molecule has 26 heavy (non-hydrogen) atoms. The van der Waals surface area contributed by atoms with Gasteiger partial charge in [0.05, 0.1) is 6.67 Å². The highest BCUT2D eigenvalue weighted by Gasteiger charge is 2.34. The predicted molar refractivity (Wildman–Crippen MR) is 106 cm³/mol. The summed E-state index contributed by atoms with van der Waals surface area (Å²) in [5.41, 5.74) is 1.18. The molecule has 1 saturated carbocycles. The van der Waals surface area contributed by atoms with Crippen molar-refractivity contribution >= 4 is 34.6 Å². The molecular weight excluding hydrogens is 368 g/mol. The van der Waals surface area contributed by atoms with Crippen LogP contribution < -0.4 is 9.64 Å². The van der Waals surface area contributed by atoms with Crippen molar-refractivity contribution in [3.63, 3.8) is 0 Å². The largest absolute Gasteiger partial charge is 0.492 e. The van der Waals surface area contributed by atoms with Gasteiger partial charge in [0.1, 0.15) is 12.4 Å². The van der Waals surface area contributed by atoms with Crippen LogP contribution in [0.25, 0.3) is 0 Å². The number of nitrogens with zero attached hydrogens (tertiary/aromatic N) is 4. The Morgan fingerprint density at radius 1 is 1.46 bits per heavy atom. The molecule has 140 valence electrons. The highest BCUT2D eigenvalue weighted by atomic mass is 32.1. The van der Waals surface area contributed by atoms with Crippen LogP contribution in [0.2, 0.25) is 0 Å². The molecule has 1 amide bonds. The van der Waals surface area contributed by atoms with Crippen LogP contribution in [0.15, 0.2) is 24.3 Å². The topological polar surface area (TPSA) is 50.6 Å². The summed E-state index contributed by atoms with van der Waals surface area (Å²) >= 11 is 6.83. The summed E-state index contributed by atoms with van der Waals surface area (Å²) in [4.78, 5) is 15.8. The quantitative estimate of drug-likeness (QED) is 0.644. The van der Waals surface area contributed by atoms with Crippen LogP contribution in [0.1, 0.15) is 25.3 Å². The maximum atomic E-state index is 11.9. The summed E-state index contributed by atoms with van der Waals surface area (Å²) in [6.07, 6.45) is 2.09. The summed E-state index contributed by atoms with van der Waals surface area (Å²) < 4.78 is 8.25. The number of carbonyl (C=O) groups excluding carboxylic acids is 1. The monoisotopic (exact) mass is 392 g/mol. The zero-order chi connectivity index (χ0) is 18.7. The fourth-order valence-electron chi connectivity index (χ4n) is 2.69. The molecule has 1 aromatic carbocycles. The Labute approximate surface area is 163 Å². The summed E-state index contributed by atoms with van der Waals surface area (Å²) in [6.45, 7) is 5.55. The van der Waals surface area contributed by atoms with Crippen LogP contribution in [-0.2, 0) is 11.5 Å². The number of amides is 1. The lowest BCUT2D eigenvalue weighted by Gasteiger charge is -2.18. The van der Waals surface area contributed by atoms with Gasteiger partial charge in [0.2, 0.25) is 11.0 Å². The molecule has 2 aromatic rings. The first-order valence-corrected chi connectivity index (χ1v) is 9.92. The molecule has 0 unspecified atom stereocenters. The number of benzene rings is 1. The summed E-state index contributed by atoms with van der Waals surface area (Å²) in [5.74, 6) is 0.913. The number of rotatable bonds is 8. The second kappa shape index (κ2) is 8.28. The number of ether oxygens (including phenoxy) is 1. The number of aromatic nitrogens is 2. The van der Waals surface area contributed by atoms with E-state index < -0.39 is 0 Å². The molecule has 0 bridgehead atoms. The molecule has 0 spiro atoms. The Balaban J connectivity index is 1.55. The van der Waals surface area contributed by atoms with Gasteiger partial charge in [0.15, 0.2) is 3.95 Å². The van der Waals surface area contributed by atoms with E-state index in [1.54, 1.807) is 16.5 Å². The van der Waals surface area contributed by atoms with E-state index in [0.717, 1.165) is 25.1 Å². The molecule has 8 heteroatoms. The maximum Gasteiger partial charge on any atom is 0.225 e. The van der Waals surface area contributed by atoms with Crippen LogP contribution in [0.5, 0.6) is 5.75 Å². The van der Waals surface area contributed by atoms with Crippen molar-refractivity contribution in [2.24, 2.45) is 0 Å². The molecule has 1 aromatic heterocycles. The minimum absolute atomic E-state index is 0.0308. The van der Waals surface area contributed by atoms with E-state index in [0.29, 0.717) is 28.4 Å². The third-order valence-corrected chi connectivity index (χ3v) is 5.47. The fraction of sp³-hybridized carbons (Fsp3) is 0.500. The Hall–Kier alpha value is -1.77. The van der Waals surface area contributed by atoms with Crippen LogP contribution in [0.4, 0.5) is 5.13 Å². The molecule has 0 aliphatic heterocycles. The molecule has 0 saturated heterocycles. The van der Waals surface area contributed by atoms with Crippen LogP contribution >= 0.6 is 23.6 Å². The van der Waals surface area contributed by atoms with Crippen molar-refractivity contribution in [3.8, 4) is 5.75 Å². The minimum Gasteiger partial charge on any atom is -0.492 e. The molecule has 0 atom stereocenters. The number of anilines is 1. The number of hydrogen-bond acceptors (Lipinski definition) is 6. The third kappa shape index (κ3) is 4.90. The van der Waals surface area contributed by atoms with E-state index in [1.807, 2.05) is 38.2 Å². The van der Waals surface area contributed by atoms with Crippen LogP contribution in [-0.4, -0.2) is 46.8 Å².